The first-order valence-corrected chi connectivity index (χ1v) is 9.79. The van der Waals surface area contributed by atoms with E-state index in [9.17, 15) is 19.1 Å². The third-order valence-electron chi connectivity index (χ3n) is 5.85. The topological polar surface area (TPSA) is 80.9 Å². The minimum absolute atomic E-state index is 0.0998. The normalized spacial score (nSPS) is 24.7. The molecule has 0 amide bonds. The van der Waals surface area contributed by atoms with Gasteiger partial charge in [0.05, 0.1) is 23.0 Å². The van der Waals surface area contributed by atoms with Gasteiger partial charge in [0.2, 0.25) is 0 Å². The summed E-state index contributed by atoms with van der Waals surface area (Å²) in [6.45, 7) is 5.30. The number of carbonyl (C=O) groups excluding carboxylic acids is 1. The molecule has 1 aliphatic heterocycles. The second-order valence-electron chi connectivity index (χ2n) is 7.56. The summed E-state index contributed by atoms with van der Waals surface area (Å²) >= 11 is 0. The zero-order chi connectivity index (χ0) is 20.6. The average molecular weight is 390 g/mol. The molecule has 1 aliphatic carbocycles. The Kier molecular flexibility index (Phi) is 5.57. The van der Waals surface area contributed by atoms with E-state index in [1.54, 1.807) is 27.0 Å². The summed E-state index contributed by atoms with van der Waals surface area (Å²) in [6.07, 6.45) is 2.80. The van der Waals surface area contributed by atoms with Crippen molar-refractivity contribution in [1.29, 1.82) is 0 Å². The van der Waals surface area contributed by atoms with Crippen LogP contribution in [-0.4, -0.2) is 27.4 Å². The van der Waals surface area contributed by atoms with E-state index in [2.05, 4.69) is 6.92 Å². The van der Waals surface area contributed by atoms with Crippen LogP contribution in [0.15, 0.2) is 27.3 Å². The Balaban J connectivity index is 2.17. The first-order valence-electron chi connectivity index (χ1n) is 9.79. The molecular weight excluding hydrogens is 363 g/mol. The maximum absolute atomic E-state index is 13.5. The van der Waals surface area contributed by atoms with E-state index < -0.39 is 11.6 Å². The number of aliphatic imine (C=N–C) groups is 1. The molecule has 0 spiro atoms. The minimum atomic E-state index is -1.84. The number of esters is 1. The number of pyridine rings is 1. The number of nitrogens with zero attached hydrogens (tertiary/aromatic N) is 2. The van der Waals surface area contributed by atoms with Crippen molar-refractivity contribution < 1.29 is 19.0 Å². The number of hydrogen-bond acceptors (Lipinski definition) is 5. The van der Waals surface area contributed by atoms with E-state index in [4.69, 9.17) is 9.73 Å². The molecule has 0 fully saturated rings. The molecule has 2 aliphatic rings. The maximum Gasteiger partial charge on any atom is 0.343 e. The lowest BCUT2D eigenvalue weighted by molar-refractivity contribution is -0.172. The number of ether oxygens (including phenoxy) is 1. The SMILES string of the molecule is CCCCC(=N[C@@H]1CC(F)=C1C)c1cc2c(c(=O)n1C)COC(=O)[C@]2(O)CC. The highest BCUT2D eigenvalue weighted by Crippen LogP contribution is 2.35. The van der Waals surface area contributed by atoms with Gasteiger partial charge in [-0.15, -0.1) is 0 Å². The first-order chi connectivity index (χ1) is 13.2. The van der Waals surface area contributed by atoms with Gasteiger partial charge in [0.25, 0.3) is 5.56 Å². The molecule has 1 N–H and O–H groups in total. The van der Waals surface area contributed by atoms with Crippen molar-refractivity contribution in [3.05, 3.63) is 44.6 Å². The molecule has 2 heterocycles. The van der Waals surface area contributed by atoms with Crippen molar-refractivity contribution in [3.8, 4) is 0 Å². The van der Waals surface area contributed by atoms with Gasteiger partial charge in [-0.2, -0.15) is 0 Å². The van der Waals surface area contributed by atoms with Crippen molar-refractivity contribution in [2.45, 2.75) is 71.1 Å². The van der Waals surface area contributed by atoms with Crippen LogP contribution < -0.4 is 5.56 Å². The maximum atomic E-state index is 13.5. The molecule has 0 radical (unpaired) electrons. The second-order valence-corrected chi connectivity index (χ2v) is 7.56. The van der Waals surface area contributed by atoms with Gasteiger partial charge in [-0.3, -0.25) is 9.79 Å². The van der Waals surface area contributed by atoms with Gasteiger partial charge in [0, 0.05) is 19.0 Å². The summed E-state index contributed by atoms with van der Waals surface area (Å²) in [5.74, 6) is -0.875. The zero-order valence-electron chi connectivity index (χ0n) is 16.8. The summed E-state index contributed by atoms with van der Waals surface area (Å²) in [5.41, 5.74) is 0.284. The number of rotatable bonds is 6. The Hall–Kier alpha value is -2.28. The summed E-state index contributed by atoms with van der Waals surface area (Å²) in [6, 6.07) is 1.46. The summed E-state index contributed by atoms with van der Waals surface area (Å²) in [7, 11) is 1.64. The van der Waals surface area contributed by atoms with E-state index in [1.807, 2.05) is 0 Å². The lowest BCUT2D eigenvalue weighted by Crippen LogP contribution is -2.45. The van der Waals surface area contributed by atoms with Crippen LogP contribution >= 0.6 is 0 Å². The van der Waals surface area contributed by atoms with Crippen LogP contribution in [0.3, 0.4) is 0 Å². The third kappa shape index (κ3) is 3.21. The van der Waals surface area contributed by atoms with Crippen LogP contribution in [0.4, 0.5) is 4.39 Å². The van der Waals surface area contributed by atoms with Gasteiger partial charge < -0.3 is 14.4 Å². The monoisotopic (exact) mass is 390 g/mol. The van der Waals surface area contributed by atoms with Crippen LogP contribution in [-0.2, 0) is 28.8 Å². The molecule has 0 bridgehead atoms. The molecule has 28 heavy (non-hydrogen) atoms. The van der Waals surface area contributed by atoms with Gasteiger partial charge in [0.15, 0.2) is 5.60 Å². The summed E-state index contributed by atoms with van der Waals surface area (Å²) < 4.78 is 20.0. The van der Waals surface area contributed by atoms with Crippen LogP contribution in [0.2, 0.25) is 0 Å². The lowest BCUT2D eigenvalue weighted by Gasteiger charge is -2.32. The smallest absolute Gasteiger partial charge is 0.343 e. The van der Waals surface area contributed by atoms with E-state index in [1.165, 1.54) is 4.57 Å². The Morgan fingerprint density at radius 2 is 2.14 bits per heavy atom. The highest BCUT2D eigenvalue weighted by atomic mass is 19.1. The number of carbonyl (C=O) groups is 1. The van der Waals surface area contributed by atoms with Gasteiger partial charge in [-0.05, 0) is 37.8 Å². The van der Waals surface area contributed by atoms with Crippen molar-refractivity contribution in [3.63, 3.8) is 0 Å². The number of halogens is 1. The number of cyclic esters (lactones) is 1. The number of aromatic nitrogens is 1. The van der Waals surface area contributed by atoms with Crippen LogP contribution in [0.1, 0.15) is 69.7 Å². The molecule has 7 heteroatoms. The third-order valence-corrected chi connectivity index (χ3v) is 5.85. The lowest BCUT2D eigenvalue weighted by atomic mass is 9.85. The molecule has 0 unspecified atom stereocenters. The molecule has 6 nitrogen and oxygen atoms in total. The van der Waals surface area contributed by atoms with Gasteiger partial charge in [-0.25, -0.2) is 9.18 Å². The number of aliphatic hydroxyl groups is 1. The Morgan fingerprint density at radius 3 is 2.71 bits per heavy atom. The molecule has 3 rings (SSSR count). The number of hydrogen-bond donors (Lipinski definition) is 1. The molecular formula is C21H27FN2O4. The largest absolute Gasteiger partial charge is 0.458 e. The van der Waals surface area contributed by atoms with Crippen molar-refractivity contribution in [2.24, 2.45) is 12.0 Å². The van der Waals surface area contributed by atoms with Crippen LogP contribution in [0, 0.1) is 0 Å². The fourth-order valence-electron chi connectivity index (χ4n) is 3.70. The standard InChI is InChI=1S/C21H27FN2O4/c1-5-7-8-16(23-17-10-15(22)12(17)3)18-9-14-13(19(25)24(18)4)11-28-20(26)21(14,27)6-2/h9,17,27H,5-8,10-11H2,1-4H3/t17-,21+/m1/s1. The Morgan fingerprint density at radius 1 is 1.43 bits per heavy atom. The minimum Gasteiger partial charge on any atom is -0.458 e. The average Bonchev–Trinajstić information content (AvgIpc) is 2.69. The molecule has 1 aromatic rings. The fraction of sp³-hybridized carbons (Fsp3) is 0.571. The fourth-order valence-corrected chi connectivity index (χ4v) is 3.70. The molecule has 0 saturated carbocycles. The van der Waals surface area contributed by atoms with E-state index in [0.29, 0.717) is 29.0 Å². The van der Waals surface area contributed by atoms with E-state index in [-0.39, 0.29) is 42.4 Å². The Bertz CT molecular complexity index is 931. The molecule has 152 valence electrons. The summed E-state index contributed by atoms with van der Waals surface area (Å²) in [4.78, 5) is 29.9. The van der Waals surface area contributed by atoms with Crippen molar-refractivity contribution in [1.82, 2.24) is 4.57 Å². The van der Waals surface area contributed by atoms with E-state index >= 15 is 0 Å². The molecule has 1 aromatic heterocycles. The first kappa shape index (κ1) is 20.5. The van der Waals surface area contributed by atoms with Gasteiger partial charge >= 0.3 is 5.97 Å². The molecule has 0 saturated heterocycles. The predicted octanol–water partition coefficient (Wildman–Crippen LogP) is 3.03. The van der Waals surface area contributed by atoms with Crippen molar-refractivity contribution >= 4 is 11.7 Å². The second kappa shape index (κ2) is 7.62. The number of fused-ring (bicyclic) bond motifs is 1. The number of unbranched alkanes of at least 4 members (excludes halogenated alkanes) is 1. The van der Waals surface area contributed by atoms with Crippen LogP contribution in [0.5, 0.6) is 0 Å². The van der Waals surface area contributed by atoms with Crippen molar-refractivity contribution in [2.75, 3.05) is 0 Å². The predicted molar refractivity (Wildman–Crippen MR) is 104 cm³/mol. The highest BCUT2D eigenvalue weighted by molar-refractivity contribution is 6.00. The van der Waals surface area contributed by atoms with Crippen LogP contribution in [0.25, 0.3) is 0 Å². The van der Waals surface area contributed by atoms with Gasteiger partial charge in [-0.1, -0.05) is 20.3 Å². The van der Waals surface area contributed by atoms with E-state index in [0.717, 1.165) is 12.8 Å². The molecule has 2 atom stereocenters. The highest BCUT2D eigenvalue weighted by Gasteiger charge is 2.44. The summed E-state index contributed by atoms with van der Waals surface area (Å²) in [5, 5.41) is 10.9. The molecule has 0 aromatic carbocycles. The quantitative estimate of drug-likeness (QED) is 0.598. The Labute approximate surface area is 163 Å². The van der Waals surface area contributed by atoms with Gasteiger partial charge in [0.1, 0.15) is 12.4 Å². The zero-order valence-corrected chi connectivity index (χ0v) is 16.8.